The fraction of sp³-hybridized carbons (Fsp3) is 0.280. The van der Waals surface area contributed by atoms with Gasteiger partial charge in [0.1, 0.15) is 0 Å². The van der Waals surface area contributed by atoms with Crippen LogP contribution < -0.4 is 15.6 Å². The Morgan fingerprint density at radius 1 is 0.588 bits per heavy atom. The topological polar surface area (TPSA) is 55.4 Å². The predicted molar refractivity (Wildman–Crippen MR) is 139 cm³/mol. The molecule has 0 N–H and O–H groups in total. The van der Waals surface area contributed by atoms with Crippen molar-refractivity contribution in [3.05, 3.63) is 91.0 Å². The Hall–Kier alpha value is -1.93. The first-order valence-corrected chi connectivity index (χ1v) is 19.0. The Morgan fingerprint density at radius 3 is 1.35 bits per heavy atom. The van der Waals surface area contributed by atoms with Crippen LogP contribution in [0.2, 0.25) is 6.04 Å². The molecule has 1 heterocycles. The molecule has 0 aliphatic carbocycles. The van der Waals surface area contributed by atoms with Crippen LogP contribution in [0.15, 0.2) is 91.0 Å². The maximum atomic E-state index is 6.85. The normalized spacial score (nSPS) is 22.9. The van der Waals surface area contributed by atoms with Gasteiger partial charge in [0.05, 0.1) is 0 Å². The second-order valence-electron chi connectivity index (χ2n) is 8.22. The van der Waals surface area contributed by atoms with E-state index in [1.54, 1.807) is 35.5 Å². The van der Waals surface area contributed by atoms with Crippen molar-refractivity contribution in [1.29, 1.82) is 0 Å². The lowest BCUT2D eigenvalue weighted by atomic mass is 10.4. The maximum absolute atomic E-state index is 6.85. The lowest BCUT2D eigenvalue weighted by molar-refractivity contribution is -0.325. The van der Waals surface area contributed by atoms with Gasteiger partial charge in [-0.15, -0.1) is 0 Å². The minimum atomic E-state index is -3.60. The molecule has 1 aliphatic heterocycles. The Kier molecular flexibility index (Phi) is 7.39. The van der Waals surface area contributed by atoms with Gasteiger partial charge in [-0.2, -0.15) is 0 Å². The van der Waals surface area contributed by atoms with Gasteiger partial charge < -0.3 is 27.2 Å². The molecular weight excluding hydrogens is 481 g/mol. The number of rotatable bonds is 8. The summed E-state index contributed by atoms with van der Waals surface area (Å²) in [6, 6.07) is 31.9. The van der Waals surface area contributed by atoms with Crippen LogP contribution in [0.5, 0.6) is 0 Å². The SMILES string of the molecule is COC1(OC)C[Si](c2ccccc2)(c2ccccc2)[Si](OC)(c2ccccc2)[Si](OC)(OC)O1. The van der Waals surface area contributed by atoms with Gasteiger partial charge in [-0.3, -0.25) is 0 Å². The molecule has 9 heteroatoms. The summed E-state index contributed by atoms with van der Waals surface area (Å²) in [5, 5.41) is 3.48. The van der Waals surface area contributed by atoms with Crippen LogP contribution in [0.4, 0.5) is 0 Å². The van der Waals surface area contributed by atoms with Crippen molar-refractivity contribution in [3.63, 3.8) is 0 Å². The quantitative estimate of drug-likeness (QED) is 0.340. The number of benzene rings is 3. The van der Waals surface area contributed by atoms with Crippen LogP contribution in [0.3, 0.4) is 0 Å². The summed E-state index contributed by atoms with van der Waals surface area (Å²) in [7, 11) is -1.52. The molecule has 180 valence electrons. The first-order chi connectivity index (χ1) is 16.5. The van der Waals surface area contributed by atoms with Crippen LogP contribution in [0.1, 0.15) is 0 Å². The predicted octanol–water partition coefficient (Wildman–Crippen LogP) is 2.11. The van der Waals surface area contributed by atoms with Crippen molar-refractivity contribution in [3.8, 4) is 0 Å². The monoisotopic (exact) mass is 512 g/mol. The van der Waals surface area contributed by atoms with E-state index in [9.17, 15) is 0 Å². The van der Waals surface area contributed by atoms with Crippen molar-refractivity contribution in [2.45, 2.75) is 12.0 Å². The molecule has 0 radical (unpaired) electrons. The second kappa shape index (κ2) is 9.98. The zero-order valence-corrected chi connectivity index (χ0v) is 23.3. The lowest BCUT2D eigenvalue weighted by Gasteiger charge is -2.59. The third kappa shape index (κ3) is 3.51. The number of hydrogen-bond acceptors (Lipinski definition) is 6. The van der Waals surface area contributed by atoms with Crippen LogP contribution in [0, 0.1) is 0 Å². The largest absolute Gasteiger partial charge is 0.509 e. The molecule has 1 saturated heterocycles. The minimum Gasteiger partial charge on any atom is -0.412 e. The van der Waals surface area contributed by atoms with Gasteiger partial charge in [-0.05, 0) is 5.19 Å². The van der Waals surface area contributed by atoms with E-state index in [1.807, 2.05) is 30.3 Å². The Balaban J connectivity index is 2.24. The van der Waals surface area contributed by atoms with E-state index in [1.165, 1.54) is 10.4 Å². The standard InChI is InChI=1S/C25H32O6Si3/c1-26-25(27-2)21-32(22-15-9-6-10-16-22,23-17-11-7-12-18-23)33(28-3,24-19-13-8-14-20-24)34(29-4,30-5)31-25/h6-20H,21H2,1-5H3. The van der Waals surface area contributed by atoms with Gasteiger partial charge in [0.25, 0.3) is 5.97 Å². The summed E-state index contributed by atoms with van der Waals surface area (Å²) in [5.41, 5.74) is 0. The highest BCUT2D eigenvalue weighted by Crippen LogP contribution is 2.45. The molecule has 3 aromatic carbocycles. The van der Waals surface area contributed by atoms with Crippen LogP contribution in [0.25, 0.3) is 0 Å². The van der Waals surface area contributed by atoms with Crippen LogP contribution in [-0.4, -0.2) is 64.8 Å². The first-order valence-electron chi connectivity index (χ1n) is 11.2. The lowest BCUT2D eigenvalue weighted by Crippen LogP contribution is -2.97. The third-order valence-corrected chi connectivity index (χ3v) is 35.6. The average Bonchev–Trinajstić information content (AvgIpc) is 2.93. The van der Waals surface area contributed by atoms with Crippen LogP contribution >= 0.6 is 0 Å². The van der Waals surface area contributed by atoms with Gasteiger partial charge in [0, 0.05) is 41.6 Å². The second-order valence-corrected chi connectivity index (χ2v) is 26.1. The molecule has 1 fully saturated rings. The average molecular weight is 513 g/mol. The van der Waals surface area contributed by atoms with E-state index < -0.39 is 29.2 Å². The molecule has 0 aromatic heterocycles. The van der Waals surface area contributed by atoms with Crippen molar-refractivity contribution in [2.24, 2.45) is 0 Å². The van der Waals surface area contributed by atoms with E-state index in [4.69, 9.17) is 27.2 Å². The maximum Gasteiger partial charge on any atom is 0.509 e. The molecule has 1 unspecified atom stereocenters. The highest BCUT2D eigenvalue weighted by atomic mass is 29.7. The fourth-order valence-electron chi connectivity index (χ4n) is 5.52. The summed E-state index contributed by atoms with van der Waals surface area (Å²) in [6.07, 6.45) is 0. The molecule has 3 aromatic rings. The zero-order valence-electron chi connectivity index (χ0n) is 20.3. The van der Waals surface area contributed by atoms with Crippen molar-refractivity contribution in [2.75, 3.05) is 35.5 Å². The summed E-state index contributed by atoms with van der Waals surface area (Å²) < 4.78 is 38.3. The van der Waals surface area contributed by atoms with Gasteiger partial charge in [-0.1, -0.05) is 101 Å². The van der Waals surface area contributed by atoms with E-state index in [0.29, 0.717) is 6.04 Å². The molecule has 6 nitrogen and oxygen atoms in total. The Bertz CT molecular complexity index is 1020. The zero-order chi connectivity index (χ0) is 24.3. The van der Waals surface area contributed by atoms with Crippen molar-refractivity contribution < 1.29 is 27.2 Å². The van der Waals surface area contributed by atoms with E-state index in [0.717, 1.165) is 5.19 Å². The molecule has 34 heavy (non-hydrogen) atoms. The third-order valence-electron chi connectivity index (χ3n) is 6.98. The molecule has 0 saturated carbocycles. The van der Waals surface area contributed by atoms with Gasteiger partial charge >= 0.3 is 15.7 Å². The smallest absolute Gasteiger partial charge is 0.412 e. The number of methoxy groups -OCH3 is 2. The number of ether oxygens (including phenoxy) is 2. The summed E-state index contributed by atoms with van der Waals surface area (Å²) in [5.74, 6) is -1.35. The van der Waals surface area contributed by atoms with E-state index in [-0.39, 0.29) is 0 Å². The van der Waals surface area contributed by atoms with E-state index >= 15 is 0 Å². The molecule has 1 aliphatic rings. The van der Waals surface area contributed by atoms with Crippen LogP contribution in [-0.2, 0) is 27.2 Å². The molecule has 1 atom stereocenters. The highest BCUT2D eigenvalue weighted by molar-refractivity contribution is 7.73. The summed E-state index contributed by atoms with van der Waals surface area (Å²) in [6.45, 7) is 0. The summed E-state index contributed by atoms with van der Waals surface area (Å²) >= 11 is 0. The highest BCUT2D eigenvalue weighted by Gasteiger charge is 2.83. The van der Waals surface area contributed by atoms with Gasteiger partial charge in [0.15, 0.2) is 7.59 Å². The molecule has 4 rings (SSSR count). The fourth-order valence-corrected chi connectivity index (χ4v) is 39.3. The summed E-state index contributed by atoms with van der Waals surface area (Å²) in [4.78, 5) is 0. The van der Waals surface area contributed by atoms with Gasteiger partial charge in [0.2, 0.25) is 0 Å². The Morgan fingerprint density at radius 2 is 1.00 bits per heavy atom. The van der Waals surface area contributed by atoms with Gasteiger partial charge in [-0.25, -0.2) is 0 Å². The Labute approximate surface area is 204 Å². The minimum absolute atomic E-state index is 0.484. The van der Waals surface area contributed by atoms with Crippen molar-refractivity contribution >= 4 is 38.8 Å². The molecule has 0 amide bonds. The molecule has 0 bridgehead atoms. The molecular formula is C25H32O6Si3. The number of hydrogen-bond donors (Lipinski definition) is 0. The first kappa shape index (κ1) is 25.2. The molecule has 0 spiro atoms. The van der Waals surface area contributed by atoms with E-state index in [2.05, 4.69) is 60.7 Å². The van der Waals surface area contributed by atoms with Crippen molar-refractivity contribution in [1.82, 2.24) is 0 Å².